The Morgan fingerprint density at radius 1 is 1.26 bits per heavy atom. The maximum atomic E-state index is 14.0. The van der Waals surface area contributed by atoms with Gasteiger partial charge in [-0.1, -0.05) is 6.07 Å². The average Bonchev–Trinajstić information content (AvgIpc) is 3.03. The molecule has 0 aliphatic carbocycles. The molecule has 120 valence electrons. The van der Waals surface area contributed by atoms with E-state index in [2.05, 4.69) is 5.10 Å². The Morgan fingerprint density at radius 3 is 2.61 bits per heavy atom. The van der Waals surface area contributed by atoms with Crippen molar-refractivity contribution < 1.29 is 22.4 Å². The number of hydrogen-bond donors (Lipinski definition) is 0. The second-order valence-corrected chi connectivity index (χ2v) is 5.15. The highest BCUT2D eigenvalue weighted by molar-refractivity contribution is 6.10. The van der Waals surface area contributed by atoms with E-state index >= 15 is 0 Å². The molecule has 0 aliphatic rings. The number of hydrogen-bond acceptors (Lipinski definition) is 2. The molecule has 0 aliphatic heterocycles. The second kappa shape index (κ2) is 5.22. The molecular formula is C15H11F4N3O. The van der Waals surface area contributed by atoms with Gasteiger partial charge in [-0.2, -0.15) is 18.3 Å². The average molecular weight is 325 g/mol. The number of rotatable bonds is 3. The highest BCUT2D eigenvalue weighted by atomic mass is 19.4. The number of ketones is 1. The minimum absolute atomic E-state index is 0.179. The molecule has 2 heterocycles. The van der Waals surface area contributed by atoms with E-state index in [1.165, 1.54) is 16.7 Å². The molecule has 3 aromatic rings. The Hall–Kier alpha value is -2.64. The van der Waals surface area contributed by atoms with Crippen LogP contribution in [0.15, 0.2) is 36.8 Å². The smallest absolute Gasteiger partial charge is 0.342 e. The van der Waals surface area contributed by atoms with E-state index in [9.17, 15) is 22.4 Å². The van der Waals surface area contributed by atoms with E-state index in [0.717, 1.165) is 17.8 Å². The number of aromatic nitrogens is 3. The van der Waals surface area contributed by atoms with Gasteiger partial charge in [0.2, 0.25) is 0 Å². The highest BCUT2D eigenvalue weighted by Crippen LogP contribution is 2.30. The van der Waals surface area contributed by atoms with Crippen molar-refractivity contribution in [2.24, 2.45) is 7.05 Å². The van der Waals surface area contributed by atoms with Gasteiger partial charge in [0.1, 0.15) is 5.82 Å². The lowest BCUT2D eigenvalue weighted by Gasteiger charge is -2.03. The second-order valence-electron chi connectivity index (χ2n) is 5.15. The largest absolute Gasteiger partial charge is 0.454 e. The third-order valence-electron chi connectivity index (χ3n) is 3.47. The molecule has 0 N–H and O–H groups in total. The maximum absolute atomic E-state index is 14.0. The number of carbonyl (C=O) groups is 1. The van der Waals surface area contributed by atoms with Crippen LogP contribution < -0.4 is 0 Å². The van der Waals surface area contributed by atoms with Crippen molar-refractivity contribution in [2.75, 3.05) is 0 Å². The van der Waals surface area contributed by atoms with Crippen LogP contribution >= 0.6 is 0 Å². The van der Waals surface area contributed by atoms with Crippen LogP contribution in [0, 0.1) is 5.82 Å². The number of nitrogens with zero attached hydrogens (tertiary/aromatic N) is 3. The van der Waals surface area contributed by atoms with E-state index in [-0.39, 0.29) is 17.4 Å². The van der Waals surface area contributed by atoms with Crippen molar-refractivity contribution in [3.05, 3.63) is 53.7 Å². The molecular weight excluding hydrogens is 314 g/mol. The predicted octanol–water partition coefficient (Wildman–Crippen LogP) is 3.31. The Kier molecular flexibility index (Phi) is 3.46. The quantitative estimate of drug-likeness (QED) is 0.547. The lowest BCUT2D eigenvalue weighted by molar-refractivity contribution is -0.0884. The first-order valence-corrected chi connectivity index (χ1v) is 6.64. The van der Waals surface area contributed by atoms with Gasteiger partial charge in [-0.25, -0.2) is 4.39 Å². The molecule has 0 atom stereocenters. The number of Topliss-reactive ketones (excluding diaryl/α,β-unsaturated/α-hetero) is 1. The SMILES string of the molecule is Cn1cc(Cn2cc(C(=O)C(F)(F)F)c3c(F)cccc32)cn1. The number of halogens is 4. The molecule has 1 aromatic carbocycles. The number of carbonyl (C=O) groups excluding carboxylic acids is 1. The summed E-state index contributed by atoms with van der Waals surface area (Å²) in [5, 5.41) is 3.65. The van der Waals surface area contributed by atoms with Crippen molar-refractivity contribution in [1.29, 1.82) is 0 Å². The van der Waals surface area contributed by atoms with Gasteiger partial charge in [0.25, 0.3) is 5.78 Å². The van der Waals surface area contributed by atoms with Crippen LogP contribution in [-0.4, -0.2) is 26.3 Å². The van der Waals surface area contributed by atoms with E-state index in [4.69, 9.17) is 0 Å². The normalized spacial score (nSPS) is 12.0. The fourth-order valence-electron chi connectivity index (χ4n) is 2.51. The first-order chi connectivity index (χ1) is 10.8. The monoisotopic (exact) mass is 325 g/mol. The summed E-state index contributed by atoms with van der Waals surface area (Å²) < 4.78 is 55.2. The molecule has 0 saturated carbocycles. The molecule has 0 unspecified atom stereocenters. The van der Waals surface area contributed by atoms with Crippen LogP contribution in [0.5, 0.6) is 0 Å². The zero-order valence-electron chi connectivity index (χ0n) is 11.9. The lowest BCUT2D eigenvalue weighted by Crippen LogP contribution is -2.22. The Balaban J connectivity index is 2.16. The van der Waals surface area contributed by atoms with Crippen LogP contribution in [-0.2, 0) is 13.6 Å². The third kappa shape index (κ3) is 2.71. The van der Waals surface area contributed by atoms with Crippen LogP contribution in [0.2, 0.25) is 0 Å². The fraction of sp³-hybridized carbons (Fsp3) is 0.200. The van der Waals surface area contributed by atoms with Crippen molar-refractivity contribution in [2.45, 2.75) is 12.7 Å². The minimum atomic E-state index is -5.06. The minimum Gasteiger partial charge on any atom is -0.342 e. The summed E-state index contributed by atoms with van der Waals surface area (Å²) in [6, 6.07) is 3.89. The van der Waals surface area contributed by atoms with Gasteiger partial charge >= 0.3 is 6.18 Å². The van der Waals surface area contributed by atoms with Gasteiger partial charge in [0.05, 0.1) is 23.8 Å². The van der Waals surface area contributed by atoms with Gasteiger partial charge in [-0.05, 0) is 12.1 Å². The van der Waals surface area contributed by atoms with Crippen molar-refractivity contribution >= 4 is 16.7 Å². The van der Waals surface area contributed by atoms with Crippen LogP contribution in [0.3, 0.4) is 0 Å². The van der Waals surface area contributed by atoms with Crippen LogP contribution in [0.25, 0.3) is 10.9 Å². The van der Waals surface area contributed by atoms with E-state index < -0.39 is 23.3 Å². The topological polar surface area (TPSA) is 39.8 Å². The van der Waals surface area contributed by atoms with Crippen LogP contribution in [0.1, 0.15) is 15.9 Å². The number of benzene rings is 1. The lowest BCUT2D eigenvalue weighted by atomic mass is 10.1. The van der Waals surface area contributed by atoms with Crippen molar-refractivity contribution in [1.82, 2.24) is 14.3 Å². The van der Waals surface area contributed by atoms with Gasteiger partial charge in [-0.15, -0.1) is 0 Å². The van der Waals surface area contributed by atoms with Crippen molar-refractivity contribution in [3.8, 4) is 0 Å². The molecule has 0 amide bonds. The van der Waals surface area contributed by atoms with E-state index in [0.29, 0.717) is 0 Å². The summed E-state index contributed by atoms with van der Waals surface area (Å²) in [4.78, 5) is 11.6. The van der Waals surface area contributed by atoms with Gasteiger partial charge < -0.3 is 4.57 Å². The molecule has 0 radical (unpaired) electrons. The molecule has 3 rings (SSSR count). The molecule has 23 heavy (non-hydrogen) atoms. The third-order valence-corrected chi connectivity index (χ3v) is 3.47. The first-order valence-electron chi connectivity index (χ1n) is 6.64. The zero-order valence-corrected chi connectivity index (χ0v) is 11.9. The predicted molar refractivity (Wildman–Crippen MR) is 74.6 cm³/mol. The Bertz CT molecular complexity index is 892. The molecule has 4 nitrogen and oxygen atoms in total. The molecule has 0 bridgehead atoms. The molecule has 0 spiro atoms. The number of aryl methyl sites for hydroxylation is 1. The van der Waals surface area contributed by atoms with Gasteiger partial charge in [0.15, 0.2) is 0 Å². The summed E-state index contributed by atoms with van der Waals surface area (Å²) in [5.41, 5.74) is 0.260. The molecule has 0 fully saturated rings. The summed E-state index contributed by atoms with van der Waals surface area (Å²) in [6.07, 6.45) is -0.779. The summed E-state index contributed by atoms with van der Waals surface area (Å²) in [7, 11) is 1.70. The maximum Gasteiger partial charge on any atom is 0.454 e. The summed E-state index contributed by atoms with van der Waals surface area (Å²) in [6.45, 7) is 0.179. The van der Waals surface area contributed by atoms with Crippen LogP contribution in [0.4, 0.5) is 17.6 Å². The Labute approximate surface area is 127 Å². The first kappa shape index (κ1) is 15.3. The molecule has 0 saturated heterocycles. The summed E-state index contributed by atoms with van der Waals surface area (Å²) >= 11 is 0. The number of fused-ring (bicyclic) bond motifs is 1. The van der Waals surface area contributed by atoms with Crippen molar-refractivity contribution in [3.63, 3.8) is 0 Å². The summed E-state index contributed by atoms with van der Waals surface area (Å²) in [5.74, 6) is -2.92. The van der Waals surface area contributed by atoms with Gasteiger partial charge in [-0.3, -0.25) is 9.48 Å². The van der Waals surface area contributed by atoms with E-state index in [1.807, 2.05) is 0 Å². The standard InChI is InChI=1S/C15H11F4N3O/c1-21-6-9(5-20-21)7-22-8-10(14(23)15(17,18)19)13-11(16)3-2-4-12(13)22/h2-6,8H,7H2,1H3. The number of alkyl halides is 3. The Morgan fingerprint density at radius 2 is 2.00 bits per heavy atom. The zero-order chi connectivity index (χ0) is 16.8. The van der Waals surface area contributed by atoms with Gasteiger partial charge in [0, 0.05) is 30.4 Å². The molecule has 2 aromatic heterocycles. The fourth-order valence-corrected chi connectivity index (χ4v) is 2.51. The van der Waals surface area contributed by atoms with E-state index in [1.54, 1.807) is 24.1 Å². The highest BCUT2D eigenvalue weighted by Gasteiger charge is 2.41. The molecule has 8 heteroatoms.